The molecule has 3 rings (SSSR count). The maximum atomic E-state index is 12.4. The fraction of sp³-hybridized carbons (Fsp3) is 0.471. The summed E-state index contributed by atoms with van der Waals surface area (Å²) < 4.78 is 1.62. The lowest BCUT2D eigenvalue weighted by Gasteiger charge is -2.21. The molecule has 27 heavy (non-hydrogen) atoms. The van der Waals surface area contributed by atoms with Crippen molar-refractivity contribution in [2.45, 2.75) is 31.9 Å². The number of aromatic nitrogens is 4. The van der Waals surface area contributed by atoms with Crippen molar-refractivity contribution in [3.05, 3.63) is 24.7 Å². The summed E-state index contributed by atoms with van der Waals surface area (Å²) in [5.41, 5.74) is -1.98. The molecular formula is C17H21N7O3. The number of nitriles is 1. The number of hydrogen-bond acceptors (Lipinski definition) is 8. The van der Waals surface area contributed by atoms with E-state index in [1.54, 1.807) is 30.1 Å². The van der Waals surface area contributed by atoms with Crippen LogP contribution in [0.15, 0.2) is 24.7 Å². The van der Waals surface area contributed by atoms with Gasteiger partial charge in [0, 0.05) is 24.9 Å². The zero-order chi connectivity index (χ0) is 19.8. The predicted molar refractivity (Wildman–Crippen MR) is 96.0 cm³/mol. The van der Waals surface area contributed by atoms with E-state index in [0.717, 1.165) is 0 Å². The molecule has 3 N–H and O–H groups in total. The minimum absolute atomic E-state index is 0.0723. The molecule has 0 aliphatic carbocycles. The van der Waals surface area contributed by atoms with Gasteiger partial charge in [0.05, 0.1) is 24.0 Å². The lowest BCUT2D eigenvalue weighted by atomic mass is 9.94. The van der Waals surface area contributed by atoms with E-state index in [9.17, 15) is 15.0 Å². The molecule has 1 amide bonds. The van der Waals surface area contributed by atoms with E-state index in [1.807, 2.05) is 13.8 Å². The Kier molecular flexibility index (Phi) is 4.59. The smallest absolute Gasteiger partial charge is 0.275 e. The quantitative estimate of drug-likeness (QED) is 0.641. The van der Waals surface area contributed by atoms with Gasteiger partial charge in [0.15, 0.2) is 0 Å². The van der Waals surface area contributed by atoms with Gasteiger partial charge in [-0.15, -0.1) is 0 Å². The van der Waals surface area contributed by atoms with Gasteiger partial charge < -0.3 is 15.5 Å². The highest BCUT2D eigenvalue weighted by Gasteiger charge is 2.52. The summed E-state index contributed by atoms with van der Waals surface area (Å²) in [7, 11) is 0. The molecule has 0 unspecified atom stereocenters. The number of anilines is 3. The van der Waals surface area contributed by atoms with E-state index in [0.29, 0.717) is 11.5 Å². The molecule has 3 heterocycles. The third kappa shape index (κ3) is 3.22. The Labute approximate surface area is 156 Å². The maximum absolute atomic E-state index is 12.4. The molecule has 0 saturated carbocycles. The zero-order valence-corrected chi connectivity index (χ0v) is 15.3. The number of rotatable bonds is 5. The molecule has 0 spiro atoms. The first-order chi connectivity index (χ1) is 12.7. The number of nitrogens with one attached hydrogen (secondary N) is 1. The van der Waals surface area contributed by atoms with Crippen LogP contribution < -0.4 is 10.2 Å². The van der Waals surface area contributed by atoms with Crippen LogP contribution in [0, 0.1) is 17.2 Å². The highest BCUT2D eigenvalue weighted by atomic mass is 16.3. The molecule has 1 aliphatic heterocycles. The number of carbonyl (C=O) groups is 1. The summed E-state index contributed by atoms with van der Waals surface area (Å²) in [6, 6.07) is 3.23. The monoisotopic (exact) mass is 371 g/mol. The molecule has 2 aromatic rings. The number of hydrogen-bond donors (Lipinski definition) is 3. The van der Waals surface area contributed by atoms with Crippen LogP contribution in [0.3, 0.4) is 0 Å². The van der Waals surface area contributed by atoms with Crippen LogP contribution in [0.2, 0.25) is 0 Å². The summed E-state index contributed by atoms with van der Waals surface area (Å²) in [5.74, 6) is -0.708. The van der Waals surface area contributed by atoms with Gasteiger partial charge in [-0.3, -0.25) is 14.4 Å². The molecule has 10 nitrogen and oxygen atoms in total. The lowest BCUT2D eigenvalue weighted by molar-refractivity contribution is -0.130. The summed E-state index contributed by atoms with van der Waals surface area (Å²) in [5, 5.41) is 36.0. The summed E-state index contributed by atoms with van der Waals surface area (Å²) >= 11 is 0. The van der Waals surface area contributed by atoms with Crippen LogP contribution in [0.4, 0.5) is 17.5 Å². The third-order valence-electron chi connectivity index (χ3n) is 4.67. The Morgan fingerprint density at radius 2 is 2.26 bits per heavy atom. The number of carbonyl (C=O) groups excluding carboxylic acids is 1. The normalized spacial score (nSPS) is 22.7. The number of amides is 1. The third-order valence-corrected chi connectivity index (χ3v) is 4.67. The number of aliphatic hydroxyl groups excluding tert-OH is 1. The minimum atomic E-state index is -2.05. The van der Waals surface area contributed by atoms with Gasteiger partial charge in [-0.25, -0.2) is 4.98 Å². The molecule has 0 bridgehead atoms. The van der Waals surface area contributed by atoms with Crippen LogP contribution in [-0.4, -0.2) is 54.6 Å². The largest absolute Gasteiger partial charge is 0.394 e. The number of nitrogens with zero attached hydrogens (tertiary/aromatic N) is 6. The van der Waals surface area contributed by atoms with Crippen molar-refractivity contribution in [1.29, 1.82) is 5.26 Å². The Morgan fingerprint density at radius 3 is 2.89 bits per heavy atom. The Hall–Kier alpha value is -3.03. The topological polar surface area (TPSA) is 140 Å². The Balaban J connectivity index is 1.82. The molecule has 1 fully saturated rings. The average molecular weight is 371 g/mol. The van der Waals surface area contributed by atoms with Crippen LogP contribution >= 0.6 is 0 Å². The Morgan fingerprint density at radius 1 is 1.52 bits per heavy atom. The fourth-order valence-electron chi connectivity index (χ4n) is 2.74. The van der Waals surface area contributed by atoms with Crippen molar-refractivity contribution in [1.82, 2.24) is 19.7 Å². The van der Waals surface area contributed by atoms with Gasteiger partial charge in [-0.05, 0) is 19.9 Å². The predicted octanol–water partition coefficient (Wildman–Crippen LogP) is 0.381. The summed E-state index contributed by atoms with van der Waals surface area (Å²) in [4.78, 5) is 22.1. The van der Waals surface area contributed by atoms with Crippen molar-refractivity contribution in [3.8, 4) is 6.07 Å². The van der Waals surface area contributed by atoms with Crippen molar-refractivity contribution in [3.63, 3.8) is 0 Å². The van der Waals surface area contributed by atoms with Crippen LogP contribution in [0.1, 0.15) is 20.8 Å². The van der Waals surface area contributed by atoms with Crippen molar-refractivity contribution in [2.24, 2.45) is 5.92 Å². The standard InChI is InChI=1S/C17H21N7O3/c1-11-7-23(14(26)17(11,27)9-18)13-4-5-19-15(22-13)21-12-6-20-24(8-12)16(2,3)10-25/h4-6,8,11,25,27H,7,10H2,1-3H3,(H,19,21,22)/t11-,17+/m0/s1. The first-order valence-corrected chi connectivity index (χ1v) is 8.43. The molecule has 2 aromatic heterocycles. The molecule has 142 valence electrons. The molecule has 0 aromatic carbocycles. The minimum Gasteiger partial charge on any atom is -0.394 e. The second kappa shape index (κ2) is 6.61. The van der Waals surface area contributed by atoms with Gasteiger partial charge in [-0.2, -0.15) is 15.3 Å². The number of aliphatic hydroxyl groups is 2. The van der Waals surface area contributed by atoms with Crippen molar-refractivity contribution in [2.75, 3.05) is 23.4 Å². The summed E-state index contributed by atoms with van der Waals surface area (Å²) in [6.45, 7) is 5.44. The molecule has 2 atom stereocenters. The molecule has 1 aliphatic rings. The van der Waals surface area contributed by atoms with Gasteiger partial charge in [-0.1, -0.05) is 6.92 Å². The van der Waals surface area contributed by atoms with Gasteiger partial charge in [0.25, 0.3) is 5.91 Å². The molecule has 1 saturated heterocycles. The van der Waals surface area contributed by atoms with E-state index in [1.165, 1.54) is 17.2 Å². The Bertz CT molecular complexity index is 904. The molecular weight excluding hydrogens is 350 g/mol. The highest BCUT2D eigenvalue weighted by molar-refractivity contribution is 6.03. The van der Waals surface area contributed by atoms with Gasteiger partial charge in [0.2, 0.25) is 11.5 Å². The van der Waals surface area contributed by atoms with Crippen LogP contribution in [0.5, 0.6) is 0 Å². The summed E-state index contributed by atoms with van der Waals surface area (Å²) in [6.07, 6.45) is 4.77. The van der Waals surface area contributed by atoms with Crippen molar-refractivity contribution < 1.29 is 15.0 Å². The van der Waals surface area contributed by atoms with E-state index in [-0.39, 0.29) is 19.1 Å². The van der Waals surface area contributed by atoms with E-state index in [4.69, 9.17) is 5.26 Å². The molecule has 10 heteroatoms. The van der Waals surface area contributed by atoms with Gasteiger partial charge in [0.1, 0.15) is 11.9 Å². The van der Waals surface area contributed by atoms with E-state index >= 15 is 0 Å². The fourth-order valence-corrected chi connectivity index (χ4v) is 2.74. The van der Waals surface area contributed by atoms with Crippen molar-refractivity contribution >= 4 is 23.4 Å². The molecule has 0 radical (unpaired) electrons. The van der Waals surface area contributed by atoms with E-state index in [2.05, 4.69) is 20.4 Å². The van der Waals surface area contributed by atoms with Crippen LogP contribution in [0.25, 0.3) is 0 Å². The first-order valence-electron chi connectivity index (χ1n) is 8.43. The maximum Gasteiger partial charge on any atom is 0.275 e. The van der Waals surface area contributed by atoms with Crippen LogP contribution in [-0.2, 0) is 10.3 Å². The average Bonchev–Trinajstić information content (AvgIpc) is 3.21. The lowest BCUT2D eigenvalue weighted by Crippen LogP contribution is -2.41. The van der Waals surface area contributed by atoms with E-state index < -0.39 is 23.0 Å². The van der Waals surface area contributed by atoms with Gasteiger partial charge >= 0.3 is 0 Å². The second-order valence-electron chi connectivity index (χ2n) is 7.20. The highest BCUT2D eigenvalue weighted by Crippen LogP contribution is 2.31. The zero-order valence-electron chi connectivity index (χ0n) is 15.3. The SMILES string of the molecule is C[C@H]1CN(c2ccnc(Nc3cnn(C(C)(C)CO)c3)n2)C(=O)[C@@]1(O)C#N. The second-order valence-corrected chi connectivity index (χ2v) is 7.20. The first kappa shape index (κ1) is 18.8.